The van der Waals surface area contributed by atoms with E-state index < -0.39 is 0 Å². The maximum absolute atomic E-state index is 5.38. The highest BCUT2D eigenvalue weighted by Crippen LogP contribution is 2.36. The van der Waals surface area contributed by atoms with Gasteiger partial charge in [-0.15, -0.1) is 0 Å². The van der Waals surface area contributed by atoms with Gasteiger partial charge in [-0.25, -0.2) is 0 Å². The number of fused-ring (bicyclic) bond motifs is 1. The summed E-state index contributed by atoms with van der Waals surface area (Å²) in [5, 5.41) is 3.62. The molecule has 3 heteroatoms. The van der Waals surface area contributed by atoms with Gasteiger partial charge in [0.05, 0.1) is 0 Å². The van der Waals surface area contributed by atoms with E-state index in [1.54, 1.807) is 0 Å². The topological polar surface area (TPSA) is 24.5 Å². The first-order chi connectivity index (χ1) is 9.83. The standard InChI is InChI=1S/C17H34N2O/c1-3-20-13-7-11-18-14-15(2)19-12-6-9-16-8-4-5-10-17(16)19/h15-18H,3-14H2,1-2H3. The molecule has 118 valence electrons. The summed E-state index contributed by atoms with van der Waals surface area (Å²) in [5.74, 6) is 0.998. The van der Waals surface area contributed by atoms with Crippen molar-refractivity contribution in [1.82, 2.24) is 10.2 Å². The smallest absolute Gasteiger partial charge is 0.0477 e. The third kappa shape index (κ3) is 4.71. The number of rotatable bonds is 8. The van der Waals surface area contributed by atoms with Crippen LogP contribution in [0.25, 0.3) is 0 Å². The minimum Gasteiger partial charge on any atom is -0.382 e. The van der Waals surface area contributed by atoms with Crippen LogP contribution in [0.5, 0.6) is 0 Å². The quantitative estimate of drug-likeness (QED) is 0.693. The molecule has 2 fully saturated rings. The van der Waals surface area contributed by atoms with Crippen LogP contribution in [0.15, 0.2) is 0 Å². The summed E-state index contributed by atoms with van der Waals surface area (Å²) >= 11 is 0. The Balaban J connectivity index is 1.66. The van der Waals surface area contributed by atoms with Gasteiger partial charge in [-0.3, -0.25) is 4.90 Å². The van der Waals surface area contributed by atoms with Crippen LogP contribution < -0.4 is 5.32 Å². The molecule has 0 aromatic carbocycles. The maximum atomic E-state index is 5.38. The highest BCUT2D eigenvalue weighted by Gasteiger charge is 2.34. The average Bonchev–Trinajstić information content (AvgIpc) is 2.50. The zero-order valence-corrected chi connectivity index (χ0v) is 13.6. The number of likely N-dealkylation sites (tertiary alicyclic amines) is 1. The Kier molecular flexibility index (Phi) is 7.32. The molecule has 1 saturated carbocycles. The third-order valence-corrected chi connectivity index (χ3v) is 5.14. The summed E-state index contributed by atoms with van der Waals surface area (Å²) in [4.78, 5) is 2.81. The summed E-state index contributed by atoms with van der Waals surface area (Å²) in [6.07, 6.45) is 9.87. The lowest BCUT2D eigenvalue weighted by molar-refractivity contribution is 0.0313. The number of hydrogen-bond acceptors (Lipinski definition) is 3. The number of nitrogens with one attached hydrogen (secondary N) is 1. The predicted octanol–water partition coefficient (Wildman–Crippen LogP) is 3.05. The lowest BCUT2D eigenvalue weighted by Gasteiger charge is -2.47. The lowest BCUT2D eigenvalue weighted by Crippen LogP contribution is -2.53. The molecule has 3 unspecified atom stereocenters. The van der Waals surface area contributed by atoms with E-state index in [1.807, 2.05) is 0 Å². The molecular formula is C17H34N2O. The van der Waals surface area contributed by atoms with Crippen LogP contribution in [0.2, 0.25) is 0 Å². The molecular weight excluding hydrogens is 248 g/mol. The summed E-state index contributed by atoms with van der Waals surface area (Å²) in [5.41, 5.74) is 0. The SMILES string of the molecule is CCOCCCNCC(C)N1CCCC2CCCCC21. The number of hydrogen-bond donors (Lipinski definition) is 1. The van der Waals surface area contributed by atoms with Crippen molar-refractivity contribution in [3.05, 3.63) is 0 Å². The van der Waals surface area contributed by atoms with E-state index in [4.69, 9.17) is 4.74 Å². The van der Waals surface area contributed by atoms with Crippen molar-refractivity contribution in [2.24, 2.45) is 5.92 Å². The molecule has 3 nitrogen and oxygen atoms in total. The van der Waals surface area contributed by atoms with Gasteiger partial charge < -0.3 is 10.1 Å². The fourth-order valence-electron chi connectivity index (χ4n) is 4.08. The van der Waals surface area contributed by atoms with Crippen LogP contribution in [-0.2, 0) is 4.74 Å². The Bertz CT molecular complexity index is 257. The van der Waals surface area contributed by atoms with Gasteiger partial charge in [0.15, 0.2) is 0 Å². The minimum absolute atomic E-state index is 0.688. The molecule has 0 spiro atoms. The van der Waals surface area contributed by atoms with Gasteiger partial charge in [0.2, 0.25) is 0 Å². The van der Waals surface area contributed by atoms with Gasteiger partial charge >= 0.3 is 0 Å². The molecule has 1 aliphatic heterocycles. The number of nitrogens with zero attached hydrogens (tertiary/aromatic N) is 1. The Hall–Kier alpha value is -0.120. The highest BCUT2D eigenvalue weighted by molar-refractivity contribution is 4.89. The Morgan fingerprint density at radius 3 is 2.85 bits per heavy atom. The van der Waals surface area contributed by atoms with Crippen LogP contribution in [-0.4, -0.2) is 49.8 Å². The molecule has 3 atom stereocenters. The monoisotopic (exact) mass is 282 g/mol. The van der Waals surface area contributed by atoms with Crippen LogP contribution >= 0.6 is 0 Å². The molecule has 1 heterocycles. The first kappa shape index (κ1) is 16.3. The molecule has 1 saturated heterocycles. The fraction of sp³-hybridized carbons (Fsp3) is 1.00. The molecule has 1 aliphatic carbocycles. The summed E-state index contributed by atoms with van der Waals surface area (Å²) in [6, 6.07) is 1.57. The Labute approximate surface area is 125 Å². The summed E-state index contributed by atoms with van der Waals surface area (Å²) in [6.45, 7) is 9.75. The largest absolute Gasteiger partial charge is 0.382 e. The molecule has 0 radical (unpaired) electrons. The fourth-order valence-corrected chi connectivity index (χ4v) is 4.08. The van der Waals surface area contributed by atoms with Crippen LogP contribution in [0.4, 0.5) is 0 Å². The van der Waals surface area contributed by atoms with E-state index in [9.17, 15) is 0 Å². The van der Waals surface area contributed by atoms with E-state index in [0.717, 1.165) is 44.7 Å². The van der Waals surface area contributed by atoms with E-state index in [-0.39, 0.29) is 0 Å². The first-order valence-corrected chi connectivity index (χ1v) is 8.87. The van der Waals surface area contributed by atoms with Crippen molar-refractivity contribution in [3.8, 4) is 0 Å². The summed E-state index contributed by atoms with van der Waals surface area (Å²) < 4.78 is 5.38. The molecule has 0 bridgehead atoms. The van der Waals surface area contributed by atoms with Gasteiger partial charge in [0.1, 0.15) is 0 Å². The molecule has 20 heavy (non-hydrogen) atoms. The van der Waals surface area contributed by atoms with Gasteiger partial charge in [-0.05, 0) is 65.0 Å². The highest BCUT2D eigenvalue weighted by atomic mass is 16.5. The van der Waals surface area contributed by atoms with Crippen LogP contribution in [0.3, 0.4) is 0 Å². The first-order valence-electron chi connectivity index (χ1n) is 8.87. The van der Waals surface area contributed by atoms with Crippen molar-refractivity contribution in [2.45, 2.75) is 70.9 Å². The molecule has 2 rings (SSSR count). The Morgan fingerprint density at radius 1 is 1.20 bits per heavy atom. The average molecular weight is 282 g/mol. The minimum atomic E-state index is 0.688. The van der Waals surface area contributed by atoms with Crippen molar-refractivity contribution in [2.75, 3.05) is 32.8 Å². The Morgan fingerprint density at radius 2 is 2.00 bits per heavy atom. The number of piperidine rings is 1. The van der Waals surface area contributed by atoms with E-state index in [0.29, 0.717) is 6.04 Å². The molecule has 0 aromatic rings. The van der Waals surface area contributed by atoms with Crippen molar-refractivity contribution < 1.29 is 4.74 Å². The van der Waals surface area contributed by atoms with Crippen LogP contribution in [0.1, 0.15) is 58.8 Å². The van der Waals surface area contributed by atoms with Crippen LogP contribution in [0, 0.1) is 5.92 Å². The lowest BCUT2D eigenvalue weighted by atomic mass is 9.78. The maximum Gasteiger partial charge on any atom is 0.0477 e. The zero-order valence-electron chi connectivity index (χ0n) is 13.6. The second-order valence-corrected chi connectivity index (χ2v) is 6.60. The van der Waals surface area contributed by atoms with Gasteiger partial charge in [0.25, 0.3) is 0 Å². The zero-order chi connectivity index (χ0) is 14.2. The van der Waals surface area contributed by atoms with Gasteiger partial charge in [-0.1, -0.05) is 12.8 Å². The second-order valence-electron chi connectivity index (χ2n) is 6.60. The summed E-state index contributed by atoms with van der Waals surface area (Å²) in [7, 11) is 0. The van der Waals surface area contributed by atoms with E-state index in [2.05, 4.69) is 24.1 Å². The third-order valence-electron chi connectivity index (χ3n) is 5.14. The molecule has 0 aromatic heterocycles. The normalized spacial score (nSPS) is 29.1. The predicted molar refractivity (Wildman–Crippen MR) is 85.1 cm³/mol. The van der Waals surface area contributed by atoms with Gasteiger partial charge in [0, 0.05) is 31.8 Å². The molecule has 1 N–H and O–H groups in total. The molecule has 2 aliphatic rings. The van der Waals surface area contributed by atoms with Crippen molar-refractivity contribution in [3.63, 3.8) is 0 Å². The molecule has 0 amide bonds. The van der Waals surface area contributed by atoms with E-state index in [1.165, 1.54) is 45.1 Å². The number of ether oxygens (including phenoxy) is 1. The van der Waals surface area contributed by atoms with Crippen molar-refractivity contribution >= 4 is 0 Å². The van der Waals surface area contributed by atoms with Gasteiger partial charge in [-0.2, -0.15) is 0 Å². The second kappa shape index (κ2) is 9.01. The van der Waals surface area contributed by atoms with Crippen molar-refractivity contribution in [1.29, 1.82) is 0 Å². The van der Waals surface area contributed by atoms with E-state index >= 15 is 0 Å².